The van der Waals surface area contributed by atoms with Crippen molar-refractivity contribution in [3.8, 4) is 5.75 Å². The fourth-order valence-corrected chi connectivity index (χ4v) is 3.46. The molecule has 0 spiro atoms. The molecule has 1 saturated heterocycles. The van der Waals surface area contributed by atoms with E-state index in [1.165, 1.54) is 0 Å². The van der Waals surface area contributed by atoms with Crippen LogP contribution < -0.4 is 9.64 Å². The fourth-order valence-electron chi connectivity index (χ4n) is 3.46. The average molecular weight is 369 g/mol. The van der Waals surface area contributed by atoms with Crippen LogP contribution in [0.15, 0.2) is 90.5 Å². The van der Waals surface area contributed by atoms with Gasteiger partial charge in [-0.2, -0.15) is 0 Å². The molecule has 1 amide bonds. The highest BCUT2D eigenvalue weighted by Crippen LogP contribution is 2.40. The Morgan fingerprint density at radius 2 is 1.43 bits per heavy atom. The van der Waals surface area contributed by atoms with Crippen molar-refractivity contribution in [3.05, 3.63) is 102 Å². The number of para-hydroxylation sites is 1. The van der Waals surface area contributed by atoms with Gasteiger partial charge in [0.05, 0.1) is 13.2 Å². The lowest BCUT2D eigenvalue weighted by molar-refractivity contribution is -0.132. The van der Waals surface area contributed by atoms with Gasteiger partial charge in [0.25, 0.3) is 5.91 Å². The minimum Gasteiger partial charge on any atom is -0.497 e. The van der Waals surface area contributed by atoms with Crippen LogP contribution >= 0.6 is 0 Å². The molecule has 1 aliphatic heterocycles. The maximum Gasteiger partial charge on any atom is 0.299 e. The molecule has 0 N–H and O–H groups in total. The van der Waals surface area contributed by atoms with Crippen molar-refractivity contribution in [3.63, 3.8) is 0 Å². The van der Waals surface area contributed by atoms with Crippen molar-refractivity contribution in [2.45, 2.75) is 6.04 Å². The Morgan fingerprint density at radius 1 is 0.821 bits per heavy atom. The van der Waals surface area contributed by atoms with Crippen molar-refractivity contribution in [2.75, 3.05) is 12.0 Å². The number of ether oxygens (including phenoxy) is 1. The van der Waals surface area contributed by atoms with Crippen LogP contribution in [-0.4, -0.2) is 18.8 Å². The molecule has 28 heavy (non-hydrogen) atoms. The molecular formula is C24H19NO3. The van der Waals surface area contributed by atoms with Crippen LogP contribution in [0.5, 0.6) is 5.75 Å². The van der Waals surface area contributed by atoms with Crippen LogP contribution in [0.25, 0.3) is 6.08 Å². The van der Waals surface area contributed by atoms with Gasteiger partial charge in [-0.3, -0.25) is 14.5 Å². The summed E-state index contributed by atoms with van der Waals surface area (Å²) in [5.41, 5.74) is 2.89. The SMILES string of the molecule is COc1ccc(C2/C(=C\c3ccccc3)C(=O)C(=O)N2c2ccccc2)cc1. The van der Waals surface area contributed by atoms with Gasteiger partial charge in [-0.05, 0) is 41.5 Å². The van der Waals surface area contributed by atoms with Crippen LogP contribution in [0, 0.1) is 0 Å². The highest BCUT2D eigenvalue weighted by molar-refractivity contribution is 6.51. The summed E-state index contributed by atoms with van der Waals surface area (Å²) in [6, 6.07) is 25.8. The second-order valence-electron chi connectivity index (χ2n) is 6.53. The zero-order valence-corrected chi connectivity index (χ0v) is 15.4. The molecule has 0 radical (unpaired) electrons. The Hall–Kier alpha value is -3.66. The zero-order chi connectivity index (χ0) is 19.5. The van der Waals surface area contributed by atoms with Gasteiger partial charge in [0, 0.05) is 11.3 Å². The summed E-state index contributed by atoms with van der Waals surface area (Å²) in [5.74, 6) is -0.276. The number of carbonyl (C=O) groups is 2. The van der Waals surface area contributed by atoms with Gasteiger partial charge < -0.3 is 4.74 Å². The summed E-state index contributed by atoms with van der Waals surface area (Å²) < 4.78 is 5.25. The van der Waals surface area contributed by atoms with Crippen molar-refractivity contribution < 1.29 is 14.3 Å². The van der Waals surface area contributed by atoms with Gasteiger partial charge in [0.1, 0.15) is 5.75 Å². The van der Waals surface area contributed by atoms with Crippen LogP contribution in [0.3, 0.4) is 0 Å². The monoisotopic (exact) mass is 369 g/mol. The van der Waals surface area contributed by atoms with E-state index in [0.717, 1.165) is 16.9 Å². The molecule has 1 heterocycles. The number of nitrogens with zero attached hydrogens (tertiary/aromatic N) is 1. The summed E-state index contributed by atoms with van der Waals surface area (Å²) >= 11 is 0. The lowest BCUT2D eigenvalue weighted by atomic mass is 9.96. The van der Waals surface area contributed by atoms with Gasteiger partial charge in [0.2, 0.25) is 5.78 Å². The lowest BCUT2D eigenvalue weighted by Crippen LogP contribution is -2.29. The molecule has 0 saturated carbocycles. The molecule has 0 aromatic heterocycles. The maximum absolute atomic E-state index is 12.9. The van der Waals surface area contributed by atoms with E-state index < -0.39 is 17.7 Å². The molecular weight excluding hydrogens is 350 g/mol. The van der Waals surface area contributed by atoms with Crippen LogP contribution in [-0.2, 0) is 9.59 Å². The van der Waals surface area contributed by atoms with Gasteiger partial charge in [-0.15, -0.1) is 0 Å². The van der Waals surface area contributed by atoms with Gasteiger partial charge in [0.15, 0.2) is 0 Å². The van der Waals surface area contributed by atoms with E-state index >= 15 is 0 Å². The summed E-state index contributed by atoms with van der Waals surface area (Å²) in [6.45, 7) is 0. The number of hydrogen-bond acceptors (Lipinski definition) is 3. The molecule has 0 bridgehead atoms. The Morgan fingerprint density at radius 3 is 2.04 bits per heavy atom. The number of rotatable bonds is 4. The smallest absolute Gasteiger partial charge is 0.299 e. The second-order valence-corrected chi connectivity index (χ2v) is 6.53. The number of amides is 1. The van der Waals surface area contributed by atoms with Gasteiger partial charge in [-0.25, -0.2) is 0 Å². The molecule has 1 atom stereocenters. The van der Waals surface area contributed by atoms with Gasteiger partial charge >= 0.3 is 0 Å². The third-order valence-corrected chi connectivity index (χ3v) is 4.82. The molecule has 3 aromatic carbocycles. The summed E-state index contributed by atoms with van der Waals surface area (Å²) in [5, 5.41) is 0. The van der Waals surface area contributed by atoms with Crippen molar-refractivity contribution in [1.82, 2.24) is 0 Å². The van der Waals surface area contributed by atoms with E-state index in [2.05, 4.69) is 0 Å². The molecule has 3 aromatic rings. The molecule has 1 unspecified atom stereocenters. The van der Waals surface area contributed by atoms with Crippen LogP contribution in [0.1, 0.15) is 17.2 Å². The van der Waals surface area contributed by atoms with Crippen LogP contribution in [0.2, 0.25) is 0 Å². The molecule has 0 aliphatic carbocycles. The average Bonchev–Trinajstić information content (AvgIpc) is 3.00. The number of carbonyl (C=O) groups excluding carboxylic acids is 2. The predicted octanol–water partition coefficient (Wildman–Crippen LogP) is 4.44. The molecule has 4 nitrogen and oxygen atoms in total. The zero-order valence-electron chi connectivity index (χ0n) is 15.4. The van der Waals surface area contributed by atoms with Crippen LogP contribution in [0.4, 0.5) is 5.69 Å². The number of anilines is 1. The Kier molecular flexibility index (Phi) is 4.77. The highest BCUT2D eigenvalue weighted by Gasteiger charge is 2.44. The number of Topliss-reactive ketones (excluding diaryl/α,β-unsaturated/α-hetero) is 1. The predicted molar refractivity (Wildman–Crippen MR) is 109 cm³/mol. The summed E-state index contributed by atoms with van der Waals surface area (Å²) in [7, 11) is 1.61. The first-order valence-corrected chi connectivity index (χ1v) is 9.02. The number of ketones is 1. The largest absolute Gasteiger partial charge is 0.497 e. The van der Waals surface area contributed by atoms with E-state index in [4.69, 9.17) is 4.74 Å². The Balaban J connectivity index is 1.87. The van der Waals surface area contributed by atoms with Crippen molar-refractivity contribution >= 4 is 23.5 Å². The molecule has 4 rings (SSSR count). The fraction of sp³-hybridized carbons (Fsp3) is 0.0833. The molecule has 1 aliphatic rings. The lowest BCUT2D eigenvalue weighted by Gasteiger charge is -2.25. The van der Waals surface area contributed by atoms with E-state index in [1.807, 2.05) is 84.9 Å². The molecule has 138 valence electrons. The number of hydrogen-bond donors (Lipinski definition) is 0. The van der Waals surface area contributed by atoms with E-state index in [0.29, 0.717) is 11.3 Å². The Bertz CT molecular complexity index is 1020. The second kappa shape index (κ2) is 7.53. The van der Waals surface area contributed by atoms with Crippen molar-refractivity contribution in [2.24, 2.45) is 0 Å². The number of methoxy groups -OCH3 is 1. The highest BCUT2D eigenvalue weighted by atomic mass is 16.5. The third-order valence-electron chi connectivity index (χ3n) is 4.82. The molecule has 4 heteroatoms. The first-order chi connectivity index (χ1) is 13.7. The first-order valence-electron chi connectivity index (χ1n) is 9.02. The normalized spacial score (nSPS) is 18.0. The van der Waals surface area contributed by atoms with Crippen molar-refractivity contribution in [1.29, 1.82) is 0 Å². The Labute approximate surface area is 163 Å². The summed E-state index contributed by atoms with van der Waals surface area (Å²) in [6.07, 6.45) is 1.80. The minimum absolute atomic E-state index is 0.463. The topological polar surface area (TPSA) is 46.6 Å². The quantitative estimate of drug-likeness (QED) is 0.505. The maximum atomic E-state index is 12.9. The third kappa shape index (κ3) is 3.21. The summed E-state index contributed by atoms with van der Waals surface area (Å²) in [4.78, 5) is 27.4. The van der Waals surface area contributed by atoms with Gasteiger partial charge in [-0.1, -0.05) is 60.7 Å². The standard InChI is InChI=1S/C24H19NO3/c1-28-20-14-12-18(13-15-20)22-21(16-17-8-4-2-5-9-17)23(26)24(27)25(22)19-10-6-3-7-11-19/h2-16,22H,1H3/b21-16+. The molecule has 1 fully saturated rings. The minimum atomic E-state index is -0.519. The van der Waals surface area contributed by atoms with E-state index in [1.54, 1.807) is 18.1 Å². The van der Waals surface area contributed by atoms with E-state index in [9.17, 15) is 9.59 Å². The first kappa shape index (κ1) is 17.7. The number of benzene rings is 3. The van der Waals surface area contributed by atoms with E-state index in [-0.39, 0.29) is 0 Å².